The van der Waals surface area contributed by atoms with Gasteiger partial charge in [0.1, 0.15) is 0 Å². The molecule has 1 saturated heterocycles. The van der Waals surface area contributed by atoms with Gasteiger partial charge in [0.2, 0.25) is 0 Å². The number of aliphatic imine (C=N–C) groups is 1. The molecule has 5 heteroatoms. The van der Waals surface area contributed by atoms with Crippen molar-refractivity contribution < 1.29 is 0 Å². The van der Waals surface area contributed by atoms with Crippen LogP contribution in [0.25, 0.3) is 0 Å². The van der Waals surface area contributed by atoms with Crippen molar-refractivity contribution in [1.29, 1.82) is 0 Å². The summed E-state index contributed by atoms with van der Waals surface area (Å²) in [6, 6.07) is 0.675. The van der Waals surface area contributed by atoms with E-state index in [2.05, 4.69) is 27.4 Å². The highest BCUT2D eigenvalue weighted by Crippen LogP contribution is 2.15. The van der Waals surface area contributed by atoms with Gasteiger partial charge in [-0.05, 0) is 25.9 Å². The summed E-state index contributed by atoms with van der Waals surface area (Å²) in [6.07, 6.45) is 4.02. The van der Waals surface area contributed by atoms with Gasteiger partial charge in [-0.25, -0.2) is 0 Å². The number of nitrogens with zero attached hydrogens (tertiary/aromatic N) is 2. The quantitative estimate of drug-likeness (QED) is 0.462. The van der Waals surface area contributed by atoms with E-state index in [1.54, 1.807) is 7.05 Å². The molecule has 1 aliphatic rings. The summed E-state index contributed by atoms with van der Waals surface area (Å²) < 4.78 is 0. The molecule has 0 aromatic carbocycles. The van der Waals surface area contributed by atoms with Crippen LogP contribution in [0.4, 0.5) is 0 Å². The van der Waals surface area contributed by atoms with Crippen LogP contribution < -0.4 is 10.6 Å². The second kappa shape index (κ2) is 9.04. The van der Waals surface area contributed by atoms with E-state index in [0.717, 1.165) is 19.0 Å². The molecule has 1 unspecified atom stereocenters. The molecule has 1 heterocycles. The fourth-order valence-electron chi connectivity index (χ4n) is 2.20. The molecule has 4 nitrogen and oxygen atoms in total. The molecule has 16 heavy (non-hydrogen) atoms. The van der Waals surface area contributed by atoms with Crippen molar-refractivity contribution in [1.82, 2.24) is 15.5 Å². The summed E-state index contributed by atoms with van der Waals surface area (Å²) in [6.45, 7) is 5.65. The minimum absolute atomic E-state index is 0. The summed E-state index contributed by atoms with van der Waals surface area (Å²) >= 11 is 0. The van der Waals surface area contributed by atoms with Gasteiger partial charge in [-0.3, -0.25) is 9.89 Å². The Morgan fingerprint density at radius 1 is 1.44 bits per heavy atom. The summed E-state index contributed by atoms with van der Waals surface area (Å²) in [5, 5.41) is 6.39. The smallest absolute Gasteiger partial charge is 0.190 e. The molecular formula is C11H25IN4. The third-order valence-electron chi connectivity index (χ3n) is 3.12. The molecule has 1 aliphatic heterocycles. The van der Waals surface area contributed by atoms with Gasteiger partial charge in [-0.15, -0.1) is 24.0 Å². The average molecular weight is 340 g/mol. The van der Waals surface area contributed by atoms with Gasteiger partial charge in [-0.1, -0.05) is 13.3 Å². The summed E-state index contributed by atoms with van der Waals surface area (Å²) in [4.78, 5) is 6.67. The Morgan fingerprint density at radius 2 is 2.19 bits per heavy atom. The van der Waals surface area contributed by atoms with Crippen molar-refractivity contribution in [3.63, 3.8) is 0 Å². The first-order valence-corrected chi connectivity index (χ1v) is 5.94. The maximum absolute atomic E-state index is 4.12. The predicted molar refractivity (Wildman–Crippen MR) is 80.7 cm³/mol. The molecule has 0 radical (unpaired) electrons. The van der Waals surface area contributed by atoms with E-state index >= 15 is 0 Å². The molecule has 0 aromatic heterocycles. The monoisotopic (exact) mass is 340 g/mol. The van der Waals surface area contributed by atoms with Gasteiger partial charge >= 0.3 is 0 Å². The van der Waals surface area contributed by atoms with E-state index in [4.69, 9.17) is 0 Å². The molecule has 1 fully saturated rings. The zero-order valence-electron chi connectivity index (χ0n) is 10.6. The number of likely N-dealkylation sites (N-methyl/N-ethyl adjacent to an activating group) is 1. The molecule has 0 aromatic rings. The van der Waals surface area contributed by atoms with Gasteiger partial charge in [0.25, 0.3) is 0 Å². The number of piperidine rings is 1. The molecule has 0 amide bonds. The molecule has 96 valence electrons. The van der Waals surface area contributed by atoms with Crippen molar-refractivity contribution in [2.45, 2.75) is 32.2 Å². The van der Waals surface area contributed by atoms with Crippen LogP contribution in [0, 0.1) is 0 Å². The SMILES string of the molecule is CCN1CCCCC1CNC(=NC)NC.I. The summed E-state index contributed by atoms with van der Waals surface area (Å²) in [5.74, 6) is 0.886. The Kier molecular flexibility index (Phi) is 9.02. The zero-order valence-corrected chi connectivity index (χ0v) is 13.0. The lowest BCUT2D eigenvalue weighted by Gasteiger charge is -2.35. The Balaban J connectivity index is 0.00000225. The number of halogens is 1. The standard InChI is InChI=1S/C11H24N4.HI/c1-4-15-8-6-5-7-10(15)9-14-11(12-2)13-3;/h10H,4-9H2,1-3H3,(H2,12,13,14);1H. The van der Waals surface area contributed by atoms with Crippen LogP contribution in [-0.2, 0) is 0 Å². The fourth-order valence-corrected chi connectivity index (χ4v) is 2.20. The normalized spacial score (nSPS) is 22.4. The molecular weight excluding hydrogens is 315 g/mol. The molecule has 2 N–H and O–H groups in total. The lowest BCUT2D eigenvalue weighted by molar-refractivity contribution is 0.157. The van der Waals surface area contributed by atoms with Crippen molar-refractivity contribution in [3.05, 3.63) is 0 Å². The topological polar surface area (TPSA) is 39.7 Å². The van der Waals surface area contributed by atoms with Crippen molar-refractivity contribution in [3.8, 4) is 0 Å². The van der Waals surface area contributed by atoms with Crippen molar-refractivity contribution >= 4 is 29.9 Å². The predicted octanol–water partition coefficient (Wildman–Crippen LogP) is 1.27. The number of hydrogen-bond donors (Lipinski definition) is 2. The van der Waals surface area contributed by atoms with Gasteiger partial charge in [0.15, 0.2) is 5.96 Å². The number of guanidine groups is 1. The Bertz CT molecular complexity index is 208. The average Bonchev–Trinajstić information content (AvgIpc) is 2.31. The Labute approximate surface area is 116 Å². The number of rotatable bonds is 3. The van der Waals surface area contributed by atoms with Crippen LogP contribution in [0.1, 0.15) is 26.2 Å². The van der Waals surface area contributed by atoms with Crippen LogP contribution in [0.15, 0.2) is 4.99 Å². The molecule has 0 saturated carbocycles. The van der Waals surface area contributed by atoms with E-state index in [1.165, 1.54) is 25.8 Å². The summed E-state index contributed by atoms with van der Waals surface area (Å²) in [7, 11) is 3.70. The maximum atomic E-state index is 4.12. The van der Waals surface area contributed by atoms with E-state index in [1.807, 2.05) is 7.05 Å². The largest absolute Gasteiger partial charge is 0.359 e. The maximum Gasteiger partial charge on any atom is 0.190 e. The molecule has 1 atom stereocenters. The minimum atomic E-state index is 0. The van der Waals surface area contributed by atoms with Gasteiger partial charge in [0, 0.05) is 26.7 Å². The third-order valence-corrected chi connectivity index (χ3v) is 3.12. The highest BCUT2D eigenvalue weighted by atomic mass is 127. The zero-order chi connectivity index (χ0) is 11.1. The van der Waals surface area contributed by atoms with Crippen LogP contribution in [0.3, 0.4) is 0 Å². The molecule has 0 bridgehead atoms. The lowest BCUT2D eigenvalue weighted by Crippen LogP contribution is -2.48. The first-order chi connectivity index (χ1) is 7.31. The van der Waals surface area contributed by atoms with Crippen molar-refractivity contribution in [2.75, 3.05) is 33.7 Å². The highest BCUT2D eigenvalue weighted by Gasteiger charge is 2.20. The molecule has 1 rings (SSSR count). The van der Waals surface area contributed by atoms with E-state index in [9.17, 15) is 0 Å². The molecule has 0 aliphatic carbocycles. The highest BCUT2D eigenvalue weighted by molar-refractivity contribution is 14.0. The first kappa shape index (κ1) is 16.0. The fraction of sp³-hybridized carbons (Fsp3) is 0.909. The Morgan fingerprint density at radius 3 is 2.75 bits per heavy atom. The van der Waals surface area contributed by atoms with E-state index in [0.29, 0.717) is 6.04 Å². The second-order valence-electron chi connectivity index (χ2n) is 3.98. The molecule has 0 spiro atoms. The van der Waals surface area contributed by atoms with Gasteiger partial charge in [-0.2, -0.15) is 0 Å². The lowest BCUT2D eigenvalue weighted by atomic mass is 10.0. The van der Waals surface area contributed by atoms with Gasteiger partial charge in [0.05, 0.1) is 0 Å². The van der Waals surface area contributed by atoms with Crippen LogP contribution >= 0.6 is 24.0 Å². The Hall–Kier alpha value is -0.0400. The van der Waals surface area contributed by atoms with Crippen molar-refractivity contribution in [2.24, 2.45) is 4.99 Å². The van der Waals surface area contributed by atoms with Crippen LogP contribution in [0.2, 0.25) is 0 Å². The summed E-state index contributed by atoms with van der Waals surface area (Å²) in [5.41, 5.74) is 0. The van der Waals surface area contributed by atoms with E-state index in [-0.39, 0.29) is 24.0 Å². The van der Waals surface area contributed by atoms with Gasteiger partial charge < -0.3 is 10.6 Å². The van der Waals surface area contributed by atoms with Crippen LogP contribution in [0.5, 0.6) is 0 Å². The second-order valence-corrected chi connectivity index (χ2v) is 3.98. The third kappa shape index (κ3) is 4.86. The first-order valence-electron chi connectivity index (χ1n) is 5.94. The number of likely N-dealkylation sites (tertiary alicyclic amines) is 1. The van der Waals surface area contributed by atoms with Crippen LogP contribution in [-0.4, -0.2) is 50.6 Å². The number of hydrogen-bond acceptors (Lipinski definition) is 2. The minimum Gasteiger partial charge on any atom is -0.359 e. The number of nitrogens with one attached hydrogen (secondary N) is 2. The van der Waals surface area contributed by atoms with E-state index < -0.39 is 0 Å².